The Labute approximate surface area is 176 Å². The lowest BCUT2D eigenvalue weighted by molar-refractivity contribution is 0.0951. The number of carbonyl (C=O) groups excluding carboxylic acids is 2. The molecule has 1 aromatic heterocycles. The molecular formula is C23H19N3O3S. The van der Waals surface area contributed by atoms with Gasteiger partial charge in [0.2, 0.25) is 5.78 Å². The largest absolute Gasteiger partial charge is 0.348 e. The maximum Gasteiger partial charge on any atom is 0.251 e. The van der Waals surface area contributed by atoms with Gasteiger partial charge in [-0.15, -0.1) is 0 Å². The lowest BCUT2D eigenvalue weighted by atomic mass is 10.0. The Balaban J connectivity index is 1.63. The van der Waals surface area contributed by atoms with Gasteiger partial charge in [0, 0.05) is 37.1 Å². The quantitative estimate of drug-likeness (QED) is 0.661. The molecule has 0 fully saturated rings. The number of aromatic nitrogens is 1. The first-order chi connectivity index (χ1) is 14.5. The second kappa shape index (κ2) is 8.42. The van der Waals surface area contributed by atoms with Crippen LogP contribution in [0.25, 0.3) is 6.08 Å². The number of ketones is 1. The monoisotopic (exact) mass is 417 g/mol. The standard InChI is InChI=1S/C23H19N3O3S/c1-26-20-8-7-18(23(28)25-15-17-9-11-24-12-10-17)14-19(20)22(27)21(30(26)29)13-16-5-3-2-4-6-16/h2-14H,15H2,1H3,(H,25,28)/b21-13-. The van der Waals surface area contributed by atoms with E-state index in [1.807, 2.05) is 42.5 Å². The van der Waals surface area contributed by atoms with Crippen LogP contribution in [0.2, 0.25) is 0 Å². The van der Waals surface area contributed by atoms with Crippen molar-refractivity contribution in [3.63, 3.8) is 0 Å². The molecular weight excluding hydrogens is 398 g/mol. The van der Waals surface area contributed by atoms with Gasteiger partial charge in [-0.05, 0) is 47.5 Å². The van der Waals surface area contributed by atoms with Crippen molar-refractivity contribution in [2.45, 2.75) is 6.54 Å². The zero-order valence-electron chi connectivity index (χ0n) is 16.2. The van der Waals surface area contributed by atoms with Crippen molar-refractivity contribution in [1.82, 2.24) is 10.3 Å². The molecule has 0 saturated carbocycles. The summed E-state index contributed by atoms with van der Waals surface area (Å²) >= 11 is 0. The Morgan fingerprint density at radius 1 is 1.10 bits per heavy atom. The Bertz CT molecular complexity index is 1160. The van der Waals surface area contributed by atoms with Gasteiger partial charge in [-0.2, -0.15) is 0 Å². The second-order valence-electron chi connectivity index (χ2n) is 6.77. The van der Waals surface area contributed by atoms with Gasteiger partial charge in [0.05, 0.1) is 5.69 Å². The van der Waals surface area contributed by atoms with Crippen LogP contribution in [0, 0.1) is 0 Å². The van der Waals surface area contributed by atoms with Crippen molar-refractivity contribution in [3.8, 4) is 0 Å². The van der Waals surface area contributed by atoms with Gasteiger partial charge in [0.1, 0.15) is 4.91 Å². The van der Waals surface area contributed by atoms with Gasteiger partial charge in [0.15, 0.2) is 11.0 Å². The van der Waals surface area contributed by atoms with E-state index >= 15 is 0 Å². The number of fused-ring (bicyclic) bond motifs is 1. The number of rotatable bonds is 4. The van der Waals surface area contributed by atoms with E-state index in [4.69, 9.17) is 0 Å². The summed E-state index contributed by atoms with van der Waals surface area (Å²) in [4.78, 5) is 29.8. The number of pyridine rings is 1. The molecule has 7 heteroatoms. The molecule has 0 spiro atoms. The fourth-order valence-corrected chi connectivity index (χ4v) is 4.32. The van der Waals surface area contributed by atoms with E-state index in [1.165, 1.54) is 0 Å². The van der Waals surface area contributed by atoms with Gasteiger partial charge in [-0.25, -0.2) is 4.21 Å². The van der Waals surface area contributed by atoms with Gasteiger partial charge in [0.25, 0.3) is 5.91 Å². The van der Waals surface area contributed by atoms with Gasteiger partial charge in [-0.3, -0.25) is 18.9 Å². The fourth-order valence-electron chi connectivity index (χ4n) is 3.18. The van der Waals surface area contributed by atoms with E-state index in [2.05, 4.69) is 10.3 Å². The highest BCUT2D eigenvalue weighted by Gasteiger charge is 2.32. The molecule has 2 aromatic carbocycles. The van der Waals surface area contributed by atoms with Crippen LogP contribution in [0.1, 0.15) is 31.8 Å². The van der Waals surface area contributed by atoms with Crippen molar-refractivity contribution in [2.75, 3.05) is 11.4 Å². The summed E-state index contributed by atoms with van der Waals surface area (Å²) in [6.45, 7) is 0.357. The number of nitrogens with one attached hydrogen (secondary N) is 1. The molecule has 2 heterocycles. The Hall–Kier alpha value is -3.58. The number of Topliss-reactive ketones (excluding diaryl/α,β-unsaturated/α-hetero) is 1. The molecule has 3 aromatic rings. The Morgan fingerprint density at radius 3 is 2.57 bits per heavy atom. The Morgan fingerprint density at radius 2 is 1.83 bits per heavy atom. The SMILES string of the molecule is CN1c2ccc(C(=O)NCc3ccncc3)cc2C(=O)/C(=C/c2ccccc2)S1=O. The molecule has 1 amide bonds. The van der Waals surface area contributed by atoms with E-state index in [9.17, 15) is 13.8 Å². The first-order valence-corrected chi connectivity index (χ1v) is 10.4. The highest BCUT2D eigenvalue weighted by Crippen LogP contribution is 2.33. The number of allylic oxidation sites excluding steroid dienone is 1. The number of hydrogen-bond donors (Lipinski definition) is 1. The normalized spacial score (nSPS) is 17.0. The molecule has 4 rings (SSSR count). The van der Waals surface area contributed by atoms with E-state index in [-0.39, 0.29) is 16.6 Å². The zero-order chi connectivity index (χ0) is 21.1. The predicted molar refractivity (Wildman–Crippen MR) is 117 cm³/mol. The van der Waals surface area contributed by atoms with E-state index in [0.717, 1.165) is 11.1 Å². The number of hydrogen-bond acceptors (Lipinski definition) is 4. The minimum absolute atomic E-state index is 0.186. The van der Waals surface area contributed by atoms with Crippen molar-refractivity contribution in [2.24, 2.45) is 0 Å². The highest BCUT2D eigenvalue weighted by molar-refractivity contribution is 7.91. The van der Waals surface area contributed by atoms with E-state index in [1.54, 1.807) is 48.0 Å². The van der Waals surface area contributed by atoms with Crippen molar-refractivity contribution >= 4 is 34.4 Å². The van der Waals surface area contributed by atoms with Crippen LogP contribution in [-0.2, 0) is 17.5 Å². The first kappa shape index (κ1) is 19.7. The minimum atomic E-state index is -1.62. The number of amides is 1. The van der Waals surface area contributed by atoms with Crippen LogP contribution in [0.3, 0.4) is 0 Å². The molecule has 150 valence electrons. The fraction of sp³-hybridized carbons (Fsp3) is 0.0870. The van der Waals surface area contributed by atoms with Crippen LogP contribution in [-0.4, -0.2) is 27.9 Å². The molecule has 30 heavy (non-hydrogen) atoms. The summed E-state index contributed by atoms with van der Waals surface area (Å²) in [7, 11) is 0.0481. The summed E-state index contributed by atoms with van der Waals surface area (Å²) in [6.07, 6.45) is 4.96. The predicted octanol–water partition coefficient (Wildman–Crippen LogP) is 3.35. The summed E-state index contributed by atoms with van der Waals surface area (Å²) in [6, 6.07) is 17.8. The third kappa shape index (κ3) is 3.92. The first-order valence-electron chi connectivity index (χ1n) is 9.33. The maximum absolute atomic E-state index is 13.1. The molecule has 1 aliphatic rings. The molecule has 1 unspecified atom stereocenters. The van der Waals surface area contributed by atoms with Gasteiger partial charge in [-0.1, -0.05) is 30.3 Å². The summed E-state index contributed by atoms with van der Waals surface area (Å²) < 4.78 is 14.4. The topological polar surface area (TPSA) is 79.4 Å². The number of benzene rings is 2. The minimum Gasteiger partial charge on any atom is -0.348 e. The lowest BCUT2D eigenvalue weighted by Crippen LogP contribution is -2.32. The highest BCUT2D eigenvalue weighted by atomic mass is 32.2. The smallest absolute Gasteiger partial charge is 0.251 e. The van der Waals surface area contributed by atoms with Gasteiger partial charge < -0.3 is 5.32 Å². The van der Waals surface area contributed by atoms with Crippen molar-refractivity contribution in [3.05, 3.63) is 100 Å². The van der Waals surface area contributed by atoms with Crippen molar-refractivity contribution in [1.29, 1.82) is 0 Å². The number of nitrogens with zero attached hydrogens (tertiary/aromatic N) is 2. The second-order valence-corrected chi connectivity index (χ2v) is 8.25. The molecule has 1 N–H and O–H groups in total. The molecule has 6 nitrogen and oxygen atoms in total. The molecule has 1 aliphatic heterocycles. The van der Waals surface area contributed by atoms with Crippen LogP contribution < -0.4 is 9.62 Å². The van der Waals surface area contributed by atoms with Crippen LogP contribution in [0.15, 0.2) is 78.0 Å². The average Bonchev–Trinajstić information content (AvgIpc) is 2.80. The summed E-state index contributed by atoms with van der Waals surface area (Å²) in [5.74, 6) is -0.626. The lowest BCUT2D eigenvalue weighted by Gasteiger charge is -2.27. The van der Waals surface area contributed by atoms with E-state index in [0.29, 0.717) is 23.4 Å². The van der Waals surface area contributed by atoms with Crippen LogP contribution in [0.4, 0.5) is 5.69 Å². The average molecular weight is 417 g/mol. The van der Waals surface area contributed by atoms with Crippen LogP contribution in [0.5, 0.6) is 0 Å². The van der Waals surface area contributed by atoms with Crippen LogP contribution >= 0.6 is 0 Å². The summed E-state index contributed by atoms with van der Waals surface area (Å²) in [5, 5.41) is 2.84. The molecule has 1 atom stereocenters. The van der Waals surface area contributed by atoms with E-state index < -0.39 is 11.0 Å². The zero-order valence-corrected chi connectivity index (χ0v) is 17.1. The van der Waals surface area contributed by atoms with Crippen molar-refractivity contribution < 1.29 is 13.8 Å². The Kier molecular flexibility index (Phi) is 5.54. The number of anilines is 1. The maximum atomic E-state index is 13.1. The number of carbonyl (C=O) groups is 2. The molecule has 0 radical (unpaired) electrons. The van der Waals surface area contributed by atoms with Gasteiger partial charge >= 0.3 is 0 Å². The molecule has 0 saturated heterocycles. The third-order valence-corrected chi connectivity index (χ3v) is 6.18. The molecule has 0 aliphatic carbocycles. The third-order valence-electron chi connectivity index (χ3n) is 4.80. The molecule has 0 bridgehead atoms. The summed E-state index contributed by atoms with van der Waals surface area (Å²) in [5.41, 5.74) is 2.98.